The van der Waals surface area contributed by atoms with Crippen LogP contribution in [0.5, 0.6) is 0 Å². The van der Waals surface area contributed by atoms with Crippen molar-refractivity contribution in [2.75, 3.05) is 12.3 Å². The Kier molecular flexibility index (Phi) is 4.78. The Morgan fingerprint density at radius 3 is 2.78 bits per heavy atom. The van der Waals surface area contributed by atoms with Crippen molar-refractivity contribution in [3.05, 3.63) is 54.0 Å². The van der Waals surface area contributed by atoms with Gasteiger partial charge in [-0.1, -0.05) is 0 Å². The zero-order chi connectivity index (χ0) is 12.8. The molecule has 1 heterocycles. The van der Waals surface area contributed by atoms with Gasteiger partial charge in [-0.25, -0.2) is 8.78 Å². The molecular weight excluding hydrogens is 256 g/mol. The Labute approximate surface area is 108 Å². The molecule has 1 aromatic carbocycles. The van der Waals surface area contributed by atoms with Crippen molar-refractivity contribution in [2.24, 2.45) is 0 Å². The second kappa shape index (κ2) is 6.56. The predicted octanol–water partition coefficient (Wildman–Crippen LogP) is 3.44. The predicted molar refractivity (Wildman–Crippen MR) is 67.5 cm³/mol. The second-order valence-electron chi connectivity index (χ2n) is 3.73. The van der Waals surface area contributed by atoms with E-state index in [1.165, 1.54) is 17.8 Å². The van der Waals surface area contributed by atoms with Crippen molar-refractivity contribution in [3.63, 3.8) is 0 Å². The van der Waals surface area contributed by atoms with Gasteiger partial charge in [-0.2, -0.15) is 0 Å². The Morgan fingerprint density at radius 1 is 1.17 bits per heavy atom. The molecule has 0 spiro atoms. The summed E-state index contributed by atoms with van der Waals surface area (Å²) in [6.45, 7) is 1.53. The van der Waals surface area contributed by atoms with E-state index in [-0.39, 0.29) is 0 Å². The lowest BCUT2D eigenvalue weighted by molar-refractivity contribution is 0.506. The van der Waals surface area contributed by atoms with E-state index in [0.29, 0.717) is 0 Å². The van der Waals surface area contributed by atoms with E-state index >= 15 is 0 Å². The van der Waals surface area contributed by atoms with Crippen LogP contribution in [0, 0.1) is 11.6 Å². The fourth-order valence-electron chi connectivity index (χ4n) is 1.43. The van der Waals surface area contributed by atoms with Gasteiger partial charge in [-0.15, -0.1) is 11.8 Å². The molecule has 0 radical (unpaired) electrons. The lowest BCUT2D eigenvalue weighted by Gasteiger charge is -2.04. The number of thioether (sulfide) groups is 1. The summed E-state index contributed by atoms with van der Waals surface area (Å²) in [6.07, 6.45) is 3.32. The van der Waals surface area contributed by atoms with Gasteiger partial charge in [-0.05, 0) is 24.3 Å². The van der Waals surface area contributed by atoms with Gasteiger partial charge in [0.1, 0.15) is 0 Å². The van der Waals surface area contributed by atoms with Crippen molar-refractivity contribution < 1.29 is 13.2 Å². The molecule has 0 amide bonds. The topological polar surface area (TPSA) is 25.2 Å². The van der Waals surface area contributed by atoms with Crippen LogP contribution in [0.15, 0.2) is 46.1 Å². The van der Waals surface area contributed by atoms with E-state index in [0.717, 1.165) is 35.4 Å². The molecule has 1 N–H and O–H groups in total. The van der Waals surface area contributed by atoms with Crippen LogP contribution in [0.3, 0.4) is 0 Å². The Balaban J connectivity index is 1.67. The molecule has 96 valence electrons. The highest BCUT2D eigenvalue weighted by atomic mass is 32.2. The van der Waals surface area contributed by atoms with Crippen LogP contribution in [0.4, 0.5) is 8.78 Å². The standard InChI is InChI=1S/C13H13F2NOS/c14-12-2-1-11(7-13(12)15)18-6-4-16-8-10-3-5-17-9-10/h1-3,5,7,9,16H,4,6,8H2. The van der Waals surface area contributed by atoms with Gasteiger partial charge in [0, 0.05) is 29.3 Å². The third-order valence-electron chi connectivity index (χ3n) is 2.35. The monoisotopic (exact) mass is 269 g/mol. The number of benzene rings is 1. The Hall–Kier alpha value is -1.33. The summed E-state index contributed by atoms with van der Waals surface area (Å²) in [5.74, 6) is -0.813. The van der Waals surface area contributed by atoms with Gasteiger partial charge in [0.15, 0.2) is 11.6 Å². The van der Waals surface area contributed by atoms with Crippen LogP contribution in [0.25, 0.3) is 0 Å². The zero-order valence-corrected chi connectivity index (χ0v) is 10.5. The van der Waals surface area contributed by atoms with Crippen molar-refractivity contribution in [1.82, 2.24) is 5.32 Å². The van der Waals surface area contributed by atoms with Gasteiger partial charge >= 0.3 is 0 Å². The Morgan fingerprint density at radius 2 is 2.06 bits per heavy atom. The van der Waals surface area contributed by atoms with Crippen LogP contribution in [-0.2, 0) is 6.54 Å². The van der Waals surface area contributed by atoms with Gasteiger partial charge < -0.3 is 9.73 Å². The molecule has 0 fully saturated rings. The molecule has 0 saturated carbocycles. The smallest absolute Gasteiger partial charge is 0.159 e. The first-order valence-corrected chi connectivity index (χ1v) is 6.54. The van der Waals surface area contributed by atoms with E-state index in [1.807, 2.05) is 6.07 Å². The molecule has 0 unspecified atom stereocenters. The van der Waals surface area contributed by atoms with Crippen LogP contribution >= 0.6 is 11.8 Å². The zero-order valence-electron chi connectivity index (χ0n) is 9.66. The first kappa shape index (κ1) is 13.1. The summed E-state index contributed by atoms with van der Waals surface area (Å²) in [5, 5.41) is 3.24. The third kappa shape index (κ3) is 3.85. The van der Waals surface area contributed by atoms with Gasteiger partial charge in [-0.3, -0.25) is 0 Å². The summed E-state index contributed by atoms with van der Waals surface area (Å²) in [6, 6.07) is 5.85. The number of hydrogen-bond acceptors (Lipinski definition) is 3. The van der Waals surface area contributed by atoms with E-state index in [4.69, 9.17) is 4.42 Å². The highest BCUT2D eigenvalue weighted by Gasteiger charge is 2.02. The average Bonchev–Trinajstić information content (AvgIpc) is 2.86. The summed E-state index contributed by atoms with van der Waals surface area (Å²) in [4.78, 5) is 0.735. The number of halogens is 2. The maximum Gasteiger partial charge on any atom is 0.159 e. The first-order valence-electron chi connectivity index (χ1n) is 5.55. The van der Waals surface area contributed by atoms with Crippen LogP contribution in [0.2, 0.25) is 0 Å². The Bertz CT molecular complexity index is 488. The fraction of sp³-hybridized carbons (Fsp3) is 0.231. The van der Waals surface area contributed by atoms with E-state index in [2.05, 4.69) is 5.32 Å². The normalized spacial score (nSPS) is 10.8. The first-order chi connectivity index (χ1) is 8.75. The highest BCUT2D eigenvalue weighted by molar-refractivity contribution is 7.99. The summed E-state index contributed by atoms with van der Waals surface area (Å²) < 4.78 is 30.6. The van der Waals surface area contributed by atoms with Gasteiger partial charge in [0.05, 0.1) is 12.5 Å². The van der Waals surface area contributed by atoms with Gasteiger partial charge in [0.2, 0.25) is 0 Å². The maximum absolute atomic E-state index is 12.9. The SMILES string of the molecule is Fc1ccc(SCCNCc2ccoc2)cc1F. The lowest BCUT2D eigenvalue weighted by Crippen LogP contribution is -2.15. The van der Waals surface area contributed by atoms with E-state index in [1.54, 1.807) is 18.6 Å². The van der Waals surface area contributed by atoms with Gasteiger partial charge in [0.25, 0.3) is 0 Å². The quantitative estimate of drug-likeness (QED) is 0.642. The highest BCUT2D eigenvalue weighted by Crippen LogP contribution is 2.19. The number of nitrogens with one attached hydrogen (secondary N) is 1. The molecule has 0 aliphatic rings. The second-order valence-corrected chi connectivity index (χ2v) is 4.90. The summed E-state index contributed by atoms with van der Waals surface area (Å²) in [5.41, 5.74) is 1.09. The molecule has 0 atom stereocenters. The fourth-order valence-corrected chi connectivity index (χ4v) is 2.27. The van der Waals surface area contributed by atoms with Crippen molar-refractivity contribution in [2.45, 2.75) is 11.4 Å². The lowest BCUT2D eigenvalue weighted by atomic mass is 10.3. The van der Waals surface area contributed by atoms with Crippen LogP contribution in [0.1, 0.15) is 5.56 Å². The van der Waals surface area contributed by atoms with E-state index < -0.39 is 11.6 Å². The molecule has 2 nitrogen and oxygen atoms in total. The minimum atomic E-state index is -0.808. The third-order valence-corrected chi connectivity index (χ3v) is 3.34. The molecule has 0 bridgehead atoms. The number of hydrogen-bond donors (Lipinski definition) is 1. The van der Waals surface area contributed by atoms with Crippen molar-refractivity contribution >= 4 is 11.8 Å². The molecule has 2 rings (SSSR count). The molecule has 5 heteroatoms. The summed E-state index contributed by atoms with van der Waals surface area (Å²) >= 11 is 1.49. The van der Waals surface area contributed by atoms with Crippen molar-refractivity contribution in [1.29, 1.82) is 0 Å². The van der Waals surface area contributed by atoms with E-state index in [9.17, 15) is 8.78 Å². The molecule has 18 heavy (non-hydrogen) atoms. The molecule has 2 aromatic rings. The molecule has 0 aliphatic heterocycles. The number of furan rings is 1. The molecule has 0 saturated heterocycles. The number of rotatable bonds is 6. The minimum Gasteiger partial charge on any atom is -0.472 e. The largest absolute Gasteiger partial charge is 0.472 e. The minimum absolute atomic E-state index is 0.735. The average molecular weight is 269 g/mol. The maximum atomic E-state index is 12.9. The van der Waals surface area contributed by atoms with Crippen LogP contribution in [-0.4, -0.2) is 12.3 Å². The van der Waals surface area contributed by atoms with Crippen LogP contribution < -0.4 is 5.32 Å². The molecule has 0 aliphatic carbocycles. The summed E-state index contributed by atoms with van der Waals surface area (Å²) in [7, 11) is 0. The molecular formula is C13H13F2NOS. The van der Waals surface area contributed by atoms with Crippen molar-refractivity contribution in [3.8, 4) is 0 Å². The molecule has 1 aromatic heterocycles.